The molecule has 1 aromatic rings. The maximum atomic E-state index is 12.0. The van der Waals surface area contributed by atoms with Crippen LogP contribution in [0.25, 0.3) is 0 Å². The molecule has 0 radical (unpaired) electrons. The number of carboxylic acids is 1. The van der Waals surface area contributed by atoms with Crippen LogP contribution >= 0.6 is 0 Å². The molecule has 0 saturated carbocycles. The summed E-state index contributed by atoms with van der Waals surface area (Å²) in [5.74, 6) is -1.15. The Morgan fingerprint density at radius 2 is 2.29 bits per heavy atom. The van der Waals surface area contributed by atoms with Crippen molar-refractivity contribution in [3.05, 3.63) is 23.0 Å². The molecule has 0 spiro atoms. The Kier molecular flexibility index (Phi) is 5.01. The molecule has 1 aromatic heterocycles. The number of aromatic carboxylic acids is 1. The van der Waals surface area contributed by atoms with Gasteiger partial charge in [-0.05, 0) is 32.3 Å². The minimum atomic E-state index is -0.985. The second-order valence-electron chi connectivity index (χ2n) is 5.34. The van der Waals surface area contributed by atoms with E-state index in [1.54, 1.807) is 13.1 Å². The van der Waals surface area contributed by atoms with Gasteiger partial charge in [0.15, 0.2) is 0 Å². The Morgan fingerprint density at radius 1 is 1.52 bits per heavy atom. The smallest absolute Gasteiger partial charge is 0.337 e. The lowest BCUT2D eigenvalue weighted by Gasteiger charge is -2.12. The maximum absolute atomic E-state index is 12.0. The molecule has 2 rings (SSSR count). The predicted molar refractivity (Wildman–Crippen MR) is 77.5 cm³/mol. The quantitative estimate of drug-likeness (QED) is 0.830. The Balaban J connectivity index is 2.03. The van der Waals surface area contributed by atoms with Crippen molar-refractivity contribution in [1.29, 1.82) is 0 Å². The first-order valence-corrected chi connectivity index (χ1v) is 7.33. The van der Waals surface area contributed by atoms with Crippen molar-refractivity contribution in [1.82, 2.24) is 9.88 Å². The number of carbonyl (C=O) groups excluding carboxylic acids is 1. The number of hydrogen-bond acceptors (Lipinski definition) is 3. The zero-order valence-electron chi connectivity index (χ0n) is 12.5. The largest absolute Gasteiger partial charge is 0.478 e. The lowest BCUT2D eigenvalue weighted by atomic mass is 10.1. The van der Waals surface area contributed by atoms with Crippen molar-refractivity contribution < 1.29 is 19.4 Å². The molecule has 6 nitrogen and oxygen atoms in total. The molecular formula is C15H22N2O4. The summed E-state index contributed by atoms with van der Waals surface area (Å²) >= 11 is 0. The van der Waals surface area contributed by atoms with E-state index in [1.807, 2.05) is 11.5 Å². The van der Waals surface area contributed by atoms with Crippen LogP contribution in [0.5, 0.6) is 0 Å². The van der Waals surface area contributed by atoms with Crippen LogP contribution < -0.4 is 5.32 Å². The van der Waals surface area contributed by atoms with E-state index >= 15 is 0 Å². The number of rotatable bonds is 6. The number of carboxylic acid groups (broad SMARTS) is 1. The molecule has 1 aliphatic heterocycles. The van der Waals surface area contributed by atoms with Crippen LogP contribution in [0.3, 0.4) is 0 Å². The van der Waals surface area contributed by atoms with Gasteiger partial charge in [0.1, 0.15) is 0 Å². The Bertz CT molecular complexity index is 530. The van der Waals surface area contributed by atoms with Gasteiger partial charge in [0.05, 0.1) is 18.1 Å². The van der Waals surface area contributed by atoms with Gasteiger partial charge < -0.3 is 19.7 Å². The maximum Gasteiger partial charge on any atom is 0.337 e. The third-order valence-corrected chi connectivity index (χ3v) is 3.81. The van der Waals surface area contributed by atoms with Crippen molar-refractivity contribution in [2.45, 2.75) is 45.8 Å². The van der Waals surface area contributed by atoms with Gasteiger partial charge in [-0.15, -0.1) is 0 Å². The van der Waals surface area contributed by atoms with Crippen LogP contribution in [0.15, 0.2) is 6.20 Å². The summed E-state index contributed by atoms with van der Waals surface area (Å²) in [5.41, 5.74) is 1.49. The molecular weight excluding hydrogens is 272 g/mol. The summed E-state index contributed by atoms with van der Waals surface area (Å²) in [5, 5.41) is 12.1. The highest BCUT2D eigenvalue weighted by Crippen LogP contribution is 2.18. The summed E-state index contributed by atoms with van der Waals surface area (Å²) in [6, 6.07) is 0. The van der Waals surface area contributed by atoms with Gasteiger partial charge in [0.25, 0.3) is 0 Å². The molecule has 21 heavy (non-hydrogen) atoms. The molecule has 1 fully saturated rings. The fourth-order valence-corrected chi connectivity index (χ4v) is 2.76. The van der Waals surface area contributed by atoms with E-state index in [9.17, 15) is 14.7 Å². The number of ether oxygens (including phenoxy) is 1. The van der Waals surface area contributed by atoms with Gasteiger partial charge in [0, 0.05) is 31.6 Å². The van der Waals surface area contributed by atoms with E-state index in [0.717, 1.165) is 19.4 Å². The van der Waals surface area contributed by atoms with Crippen molar-refractivity contribution in [2.24, 2.45) is 0 Å². The van der Waals surface area contributed by atoms with Gasteiger partial charge in [-0.25, -0.2) is 4.79 Å². The SMILES string of the molecule is CCn1cc(C)c(C(=O)O)c1CC(=O)NC[C@H]1CCCO1. The molecule has 2 heterocycles. The molecule has 1 aliphatic rings. The summed E-state index contributed by atoms with van der Waals surface area (Å²) in [6.45, 7) is 5.57. The number of nitrogens with zero attached hydrogens (tertiary/aromatic N) is 1. The monoisotopic (exact) mass is 294 g/mol. The Hall–Kier alpha value is -1.82. The lowest BCUT2D eigenvalue weighted by Crippen LogP contribution is -2.33. The summed E-state index contributed by atoms with van der Waals surface area (Å²) in [4.78, 5) is 23.4. The van der Waals surface area contributed by atoms with Gasteiger partial charge >= 0.3 is 5.97 Å². The molecule has 0 aromatic carbocycles. The molecule has 0 aliphatic carbocycles. The van der Waals surface area contributed by atoms with Crippen molar-refractivity contribution in [3.63, 3.8) is 0 Å². The lowest BCUT2D eigenvalue weighted by molar-refractivity contribution is -0.121. The van der Waals surface area contributed by atoms with E-state index in [-0.39, 0.29) is 24.0 Å². The van der Waals surface area contributed by atoms with Crippen LogP contribution in [0.2, 0.25) is 0 Å². The first-order chi connectivity index (χ1) is 10.0. The standard InChI is InChI=1S/C15H22N2O4/c1-3-17-9-10(2)14(15(19)20)12(17)7-13(18)16-8-11-5-4-6-21-11/h9,11H,3-8H2,1-2H3,(H,16,18)(H,19,20)/t11-/m1/s1. The van der Waals surface area contributed by atoms with Gasteiger partial charge in [-0.3, -0.25) is 4.79 Å². The topological polar surface area (TPSA) is 80.6 Å². The second-order valence-corrected chi connectivity index (χ2v) is 5.34. The number of carbonyl (C=O) groups is 2. The minimum Gasteiger partial charge on any atom is -0.478 e. The minimum absolute atomic E-state index is 0.0794. The zero-order chi connectivity index (χ0) is 15.4. The second kappa shape index (κ2) is 6.76. The van der Waals surface area contributed by atoms with Gasteiger partial charge in [-0.1, -0.05) is 0 Å². The molecule has 1 saturated heterocycles. The highest BCUT2D eigenvalue weighted by molar-refractivity contribution is 5.93. The fraction of sp³-hybridized carbons (Fsp3) is 0.600. The average Bonchev–Trinajstić information content (AvgIpc) is 3.04. The van der Waals surface area contributed by atoms with Crippen LogP contribution in [-0.4, -0.2) is 40.8 Å². The van der Waals surface area contributed by atoms with E-state index in [4.69, 9.17) is 4.74 Å². The highest BCUT2D eigenvalue weighted by Gasteiger charge is 2.22. The predicted octanol–water partition coefficient (Wildman–Crippen LogP) is 1.35. The zero-order valence-corrected chi connectivity index (χ0v) is 12.5. The van der Waals surface area contributed by atoms with Crippen LogP contribution in [-0.2, 0) is 22.5 Å². The van der Waals surface area contributed by atoms with E-state index < -0.39 is 5.97 Å². The highest BCUT2D eigenvalue weighted by atomic mass is 16.5. The molecule has 2 N–H and O–H groups in total. The van der Waals surface area contributed by atoms with E-state index in [2.05, 4.69) is 5.32 Å². The third-order valence-electron chi connectivity index (χ3n) is 3.81. The molecule has 1 atom stereocenters. The number of amides is 1. The number of nitrogens with one attached hydrogen (secondary N) is 1. The third kappa shape index (κ3) is 3.64. The van der Waals surface area contributed by atoms with Crippen LogP contribution in [0, 0.1) is 6.92 Å². The number of hydrogen-bond donors (Lipinski definition) is 2. The summed E-state index contributed by atoms with van der Waals surface area (Å²) in [6.07, 6.45) is 3.95. The normalized spacial score (nSPS) is 17.9. The van der Waals surface area contributed by atoms with Gasteiger partial charge in [-0.2, -0.15) is 0 Å². The molecule has 116 valence electrons. The summed E-state index contributed by atoms with van der Waals surface area (Å²) < 4.78 is 7.27. The first kappa shape index (κ1) is 15.6. The average molecular weight is 294 g/mol. The van der Waals surface area contributed by atoms with Crippen molar-refractivity contribution in [2.75, 3.05) is 13.2 Å². The molecule has 0 unspecified atom stereocenters. The van der Waals surface area contributed by atoms with Crippen LogP contribution in [0.1, 0.15) is 41.4 Å². The summed E-state index contributed by atoms with van der Waals surface area (Å²) in [7, 11) is 0. The van der Waals surface area contributed by atoms with Crippen LogP contribution in [0.4, 0.5) is 0 Å². The van der Waals surface area contributed by atoms with Crippen molar-refractivity contribution >= 4 is 11.9 Å². The van der Waals surface area contributed by atoms with Crippen molar-refractivity contribution in [3.8, 4) is 0 Å². The number of aromatic nitrogens is 1. The number of aryl methyl sites for hydroxylation is 2. The first-order valence-electron chi connectivity index (χ1n) is 7.33. The van der Waals surface area contributed by atoms with E-state index in [0.29, 0.717) is 24.3 Å². The molecule has 6 heteroatoms. The Morgan fingerprint density at radius 3 is 2.86 bits per heavy atom. The molecule has 1 amide bonds. The fourth-order valence-electron chi connectivity index (χ4n) is 2.76. The van der Waals surface area contributed by atoms with Gasteiger partial charge in [0.2, 0.25) is 5.91 Å². The molecule has 0 bridgehead atoms. The Labute approximate surface area is 124 Å². The van der Waals surface area contributed by atoms with E-state index in [1.165, 1.54) is 0 Å².